The van der Waals surface area contributed by atoms with E-state index in [-0.39, 0.29) is 0 Å². The standard InChI is InChI=1S/C7H4ClN2/c1-5-3-10-4-7(8)6(5)2-9/h3H,1H3. The summed E-state index contributed by atoms with van der Waals surface area (Å²) in [5.41, 5.74) is 1.24. The lowest BCUT2D eigenvalue weighted by Gasteiger charge is -1.94. The van der Waals surface area contributed by atoms with Gasteiger partial charge in [-0.2, -0.15) is 5.26 Å². The van der Waals surface area contributed by atoms with Crippen LogP contribution in [0.3, 0.4) is 0 Å². The predicted molar refractivity (Wildman–Crippen MR) is 37.5 cm³/mol. The Labute approximate surface area is 64.1 Å². The predicted octanol–water partition coefficient (Wildman–Crippen LogP) is 1.72. The molecule has 0 unspecified atom stereocenters. The Kier molecular flexibility index (Phi) is 1.88. The number of pyridine rings is 1. The molecule has 0 fully saturated rings. The fourth-order valence-electron chi connectivity index (χ4n) is 0.617. The molecule has 1 aromatic heterocycles. The highest BCUT2D eigenvalue weighted by Gasteiger charge is 2.01. The van der Waals surface area contributed by atoms with Crippen LogP contribution in [0.5, 0.6) is 0 Å². The summed E-state index contributed by atoms with van der Waals surface area (Å²) < 4.78 is 0. The second-order valence-electron chi connectivity index (χ2n) is 1.85. The number of hydrogen-bond acceptors (Lipinski definition) is 2. The molecule has 0 aliphatic heterocycles. The Balaban J connectivity index is 3.34. The maximum Gasteiger partial charge on any atom is 0.110 e. The molecule has 0 N–H and O–H groups in total. The molecule has 49 valence electrons. The molecule has 1 heterocycles. The van der Waals surface area contributed by atoms with Crippen LogP contribution in [0.4, 0.5) is 0 Å². The van der Waals surface area contributed by atoms with Crippen molar-refractivity contribution in [2.24, 2.45) is 0 Å². The second-order valence-corrected chi connectivity index (χ2v) is 2.23. The fourth-order valence-corrected chi connectivity index (χ4v) is 0.857. The van der Waals surface area contributed by atoms with E-state index in [2.05, 4.69) is 11.2 Å². The minimum atomic E-state index is 0.294. The highest BCUT2D eigenvalue weighted by atomic mass is 35.5. The molecule has 0 bridgehead atoms. The van der Waals surface area contributed by atoms with E-state index < -0.39 is 0 Å². The Morgan fingerprint density at radius 1 is 1.80 bits per heavy atom. The molecule has 0 aromatic carbocycles. The number of nitrogens with zero attached hydrogens (tertiary/aromatic N) is 2. The largest absolute Gasteiger partial charge is 0.253 e. The van der Waals surface area contributed by atoms with Gasteiger partial charge in [-0.05, 0) is 12.5 Å². The van der Waals surface area contributed by atoms with Gasteiger partial charge in [0.05, 0.1) is 10.6 Å². The van der Waals surface area contributed by atoms with Crippen molar-refractivity contribution in [3.63, 3.8) is 0 Å². The van der Waals surface area contributed by atoms with Crippen molar-refractivity contribution in [2.45, 2.75) is 6.92 Å². The Morgan fingerprint density at radius 3 is 2.90 bits per heavy atom. The van der Waals surface area contributed by atoms with Gasteiger partial charge in [0.15, 0.2) is 0 Å². The van der Waals surface area contributed by atoms with Gasteiger partial charge in [0.25, 0.3) is 0 Å². The zero-order valence-electron chi connectivity index (χ0n) is 5.35. The van der Waals surface area contributed by atoms with Gasteiger partial charge in [0.2, 0.25) is 0 Å². The fraction of sp³-hybridized carbons (Fsp3) is 0.143. The van der Waals surface area contributed by atoms with Gasteiger partial charge in [0.1, 0.15) is 12.3 Å². The number of halogens is 1. The zero-order valence-corrected chi connectivity index (χ0v) is 6.11. The molecule has 0 saturated carbocycles. The topological polar surface area (TPSA) is 36.7 Å². The Morgan fingerprint density at radius 2 is 2.50 bits per heavy atom. The lowest BCUT2D eigenvalue weighted by atomic mass is 10.2. The van der Waals surface area contributed by atoms with E-state index in [0.29, 0.717) is 10.6 Å². The van der Waals surface area contributed by atoms with Gasteiger partial charge in [-0.15, -0.1) is 0 Å². The second kappa shape index (κ2) is 2.68. The van der Waals surface area contributed by atoms with Crippen LogP contribution in [0.2, 0.25) is 5.02 Å². The third-order valence-corrected chi connectivity index (χ3v) is 1.42. The van der Waals surface area contributed by atoms with Crippen LogP contribution < -0.4 is 0 Å². The molecule has 0 saturated heterocycles. The first-order valence-electron chi connectivity index (χ1n) is 2.68. The monoisotopic (exact) mass is 151 g/mol. The zero-order chi connectivity index (χ0) is 7.56. The van der Waals surface area contributed by atoms with Crippen LogP contribution >= 0.6 is 11.6 Å². The van der Waals surface area contributed by atoms with Crippen molar-refractivity contribution in [3.8, 4) is 6.07 Å². The molecule has 3 heteroatoms. The SMILES string of the molecule is Cc1cn[c]c(Cl)c1C#N. The van der Waals surface area contributed by atoms with Crippen LogP contribution in [0, 0.1) is 24.5 Å². The number of aryl methyl sites for hydroxylation is 1. The van der Waals surface area contributed by atoms with E-state index in [0.717, 1.165) is 5.56 Å². The van der Waals surface area contributed by atoms with Crippen molar-refractivity contribution in [1.82, 2.24) is 4.98 Å². The normalized spacial score (nSPS) is 8.90. The number of nitriles is 1. The van der Waals surface area contributed by atoms with Crippen LogP contribution in [0.1, 0.15) is 11.1 Å². The molecular formula is C7H4ClN2. The van der Waals surface area contributed by atoms with E-state index in [1.54, 1.807) is 13.1 Å². The highest BCUT2D eigenvalue weighted by molar-refractivity contribution is 6.31. The number of rotatable bonds is 0. The molecule has 0 aliphatic rings. The summed E-state index contributed by atoms with van der Waals surface area (Å²) >= 11 is 5.59. The average molecular weight is 152 g/mol. The van der Waals surface area contributed by atoms with Crippen molar-refractivity contribution >= 4 is 11.6 Å². The lowest BCUT2D eigenvalue weighted by Crippen LogP contribution is -1.85. The molecule has 1 radical (unpaired) electrons. The summed E-state index contributed by atoms with van der Waals surface area (Å²) in [6, 6.07) is 1.96. The van der Waals surface area contributed by atoms with Crippen molar-refractivity contribution in [1.29, 1.82) is 5.26 Å². The Hall–Kier alpha value is -1.07. The van der Waals surface area contributed by atoms with Crippen molar-refractivity contribution < 1.29 is 0 Å². The molecule has 0 aliphatic carbocycles. The van der Waals surface area contributed by atoms with E-state index in [1.807, 2.05) is 6.07 Å². The van der Waals surface area contributed by atoms with Gasteiger partial charge in [-0.25, -0.2) is 0 Å². The lowest BCUT2D eigenvalue weighted by molar-refractivity contribution is 1.23. The first-order chi connectivity index (χ1) is 4.75. The maximum absolute atomic E-state index is 8.52. The third-order valence-electron chi connectivity index (χ3n) is 1.15. The molecule has 0 atom stereocenters. The summed E-state index contributed by atoms with van der Waals surface area (Å²) in [5, 5.41) is 8.81. The van der Waals surface area contributed by atoms with Crippen molar-refractivity contribution in [2.75, 3.05) is 0 Å². The van der Waals surface area contributed by atoms with Crippen LogP contribution in [0.15, 0.2) is 6.20 Å². The number of hydrogen-bond donors (Lipinski definition) is 0. The molecule has 0 amide bonds. The summed E-state index contributed by atoms with van der Waals surface area (Å²) in [6.07, 6.45) is 4.04. The first-order valence-corrected chi connectivity index (χ1v) is 3.06. The minimum Gasteiger partial charge on any atom is -0.253 e. The van der Waals surface area contributed by atoms with E-state index in [4.69, 9.17) is 16.9 Å². The van der Waals surface area contributed by atoms with Crippen LogP contribution in [-0.2, 0) is 0 Å². The molecule has 1 rings (SSSR count). The summed E-state index contributed by atoms with van der Waals surface area (Å²) in [4.78, 5) is 3.68. The quantitative estimate of drug-likeness (QED) is 0.566. The first kappa shape index (κ1) is 7.04. The Bertz CT molecular complexity index is 268. The van der Waals surface area contributed by atoms with Crippen LogP contribution in [0.25, 0.3) is 0 Å². The minimum absolute atomic E-state index is 0.294. The highest BCUT2D eigenvalue weighted by Crippen LogP contribution is 2.14. The van der Waals surface area contributed by atoms with Gasteiger partial charge in [-0.1, -0.05) is 11.6 Å². The summed E-state index contributed by atoms with van der Waals surface area (Å²) in [5.74, 6) is 0. The molecule has 1 aromatic rings. The molecule has 2 nitrogen and oxygen atoms in total. The summed E-state index contributed by atoms with van der Waals surface area (Å²) in [7, 11) is 0. The number of aromatic nitrogens is 1. The van der Waals surface area contributed by atoms with Gasteiger partial charge >= 0.3 is 0 Å². The van der Waals surface area contributed by atoms with E-state index in [9.17, 15) is 0 Å². The maximum atomic E-state index is 8.52. The van der Waals surface area contributed by atoms with Gasteiger partial charge < -0.3 is 0 Å². The molecule has 10 heavy (non-hydrogen) atoms. The average Bonchev–Trinajstić information content (AvgIpc) is 1.88. The van der Waals surface area contributed by atoms with Crippen molar-refractivity contribution in [3.05, 3.63) is 28.5 Å². The molecular weight excluding hydrogens is 148 g/mol. The van der Waals surface area contributed by atoms with E-state index >= 15 is 0 Å². The van der Waals surface area contributed by atoms with Gasteiger partial charge in [-0.3, -0.25) is 4.98 Å². The smallest absolute Gasteiger partial charge is 0.110 e. The van der Waals surface area contributed by atoms with Gasteiger partial charge in [0, 0.05) is 6.20 Å². The van der Waals surface area contributed by atoms with Crippen LogP contribution in [-0.4, -0.2) is 4.98 Å². The summed E-state index contributed by atoms with van der Waals surface area (Å²) in [6.45, 7) is 1.78. The third kappa shape index (κ3) is 1.09. The molecule has 0 spiro atoms. The van der Waals surface area contributed by atoms with E-state index in [1.165, 1.54) is 0 Å².